The summed E-state index contributed by atoms with van der Waals surface area (Å²) in [6, 6.07) is 0. The summed E-state index contributed by atoms with van der Waals surface area (Å²) in [6.45, 7) is 7.00. The molecule has 0 bridgehead atoms. The number of rotatable bonds is 18. The molecule has 0 saturated heterocycles. The van der Waals surface area contributed by atoms with Gasteiger partial charge in [0.15, 0.2) is 0 Å². The van der Waals surface area contributed by atoms with E-state index in [-0.39, 0.29) is 0 Å². The highest BCUT2D eigenvalue weighted by molar-refractivity contribution is 7.52. The summed E-state index contributed by atoms with van der Waals surface area (Å²) in [4.78, 5) is 9.94. The van der Waals surface area contributed by atoms with Crippen molar-refractivity contribution in [2.24, 2.45) is 5.92 Å². The molecular formula is C20H43O3P. The van der Waals surface area contributed by atoms with Crippen LogP contribution in [-0.4, -0.2) is 17.7 Å². The van der Waals surface area contributed by atoms with Crippen LogP contribution < -0.4 is 0 Å². The van der Waals surface area contributed by atoms with E-state index in [4.69, 9.17) is 4.52 Å². The molecule has 4 heteroatoms. The monoisotopic (exact) mass is 362 g/mol. The van der Waals surface area contributed by atoms with E-state index in [0.29, 0.717) is 18.7 Å². The van der Waals surface area contributed by atoms with Gasteiger partial charge in [0.05, 0.1) is 6.61 Å². The van der Waals surface area contributed by atoms with Gasteiger partial charge >= 0.3 is 7.60 Å². The summed E-state index contributed by atoms with van der Waals surface area (Å²) >= 11 is 0. The maximum absolute atomic E-state index is 12.1. The van der Waals surface area contributed by atoms with Crippen molar-refractivity contribution in [3.8, 4) is 0 Å². The molecule has 0 amide bonds. The van der Waals surface area contributed by atoms with E-state index < -0.39 is 7.60 Å². The van der Waals surface area contributed by atoms with Gasteiger partial charge in [0.25, 0.3) is 0 Å². The highest BCUT2D eigenvalue weighted by Gasteiger charge is 2.20. The first-order chi connectivity index (χ1) is 11.6. The third-order valence-corrected chi connectivity index (χ3v) is 6.28. The molecule has 0 fully saturated rings. The summed E-state index contributed by atoms with van der Waals surface area (Å²) < 4.78 is 17.5. The average Bonchev–Trinajstić information content (AvgIpc) is 2.56. The van der Waals surface area contributed by atoms with Gasteiger partial charge in [-0.15, -0.1) is 0 Å². The van der Waals surface area contributed by atoms with Crippen LogP contribution in [0.3, 0.4) is 0 Å². The van der Waals surface area contributed by atoms with E-state index in [1.807, 2.05) is 0 Å². The summed E-state index contributed by atoms with van der Waals surface area (Å²) in [5.41, 5.74) is 0. The van der Waals surface area contributed by atoms with Gasteiger partial charge in [0, 0.05) is 6.16 Å². The van der Waals surface area contributed by atoms with Crippen LogP contribution >= 0.6 is 7.60 Å². The Balaban J connectivity index is 3.57. The predicted octanol–water partition coefficient (Wildman–Crippen LogP) is 7.33. The molecule has 0 saturated carbocycles. The van der Waals surface area contributed by atoms with Crippen molar-refractivity contribution in [2.45, 2.75) is 111 Å². The van der Waals surface area contributed by atoms with Crippen LogP contribution in [0.2, 0.25) is 0 Å². The first-order valence-electron chi connectivity index (χ1n) is 10.5. The lowest BCUT2D eigenvalue weighted by Gasteiger charge is -2.18. The van der Waals surface area contributed by atoms with Crippen molar-refractivity contribution in [3.63, 3.8) is 0 Å². The van der Waals surface area contributed by atoms with Crippen molar-refractivity contribution >= 4 is 7.60 Å². The minimum absolute atomic E-state index is 0.327. The van der Waals surface area contributed by atoms with Crippen LogP contribution in [0.25, 0.3) is 0 Å². The Morgan fingerprint density at radius 1 is 0.792 bits per heavy atom. The molecule has 0 aromatic rings. The summed E-state index contributed by atoms with van der Waals surface area (Å²) in [6.07, 6.45) is 17.2. The van der Waals surface area contributed by atoms with E-state index in [0.717, 1.165) is 25.7 Å². The zero-order valence-corrected chi connectivity index (χ0v) is 17.5. The Bertz CT molecular complexity index is 307. The summed E-state index contributed by atoms with van der Waals surface area (Å²) in [7, 11) is -3.37. The van der Waals surface area contributed by atoms with Crippen LogP contribution in [0.5, 0.6) is 0 Å². The van der Waals surface area contributed by atoms with Crippen LogP contribution in [0.1, 0.15) is 111 Å². The Morgan fingerprint density at radius 3 is 1.79 bits per heavy atom. The van der Waals surface area contributed by atoms with Gasteiger partial charge in [0.1, 0.15) is 0 Å². The van der Waals surface area contributed by atoms with E-state index in [1.54, 1.807) is 0 Å². The van der Waals surface area contributed by atoms with Crippen LogP contribution in [0, 0.1) is 5.92 Å². The Kier molecular flexibility index (Phi) is 16.7. The normalized spacial score (nSPS) is 15.3. The molecule has 0 heterocycles. The zero-order chi connectivity index (χ0) is 18.1. The quantitative estimate of drug-likeness (QED) is 0.205. The van der Waals surface area contributed by atoms with Crippen molar-refractivity contribution in [3.05, 3.63) is 0 Å². The summed E-state index contributed by atoms with van der Waals surface area (Å²) in [5.74, 6) is 0.429. The largest absolute Gasteiger partial charge is 0.328 e. The molecule has 0 aliphatic rings. The molecule has 146 valence electrons. The van der Waals surface area contributed by atoms with E-state index >= 15 is 0 Å². The third kappa shape index (κ3) is 15.7. The van der Waals surface area contributed by atoms with Gasteiger partial charge in [-0.3, -0.25) is 4.57 Å². The third-order valence-electron chi connectivity index (χ3n) is 4.85. The Hall–Kier alpha value is 0.150. The fraction of sp³-hybridized carbons (Fsp3) is 1.00. The van der Waals surface area contributed by atoms with Gasteiger partial charge in [-0.25, -0.2) is 0 Å². The van der Waals surface area contributed by atoms with Crippen LogP contribution in [0.4, 0.5) is 0 Å². The number of hydrogen-bond donors (Lipinski definition) is 1. The lowest BCUT2D eigenvalue weighted by molar-refractivity contribution is 0.203. The van der Waals surface area contributed by atoms with E-state index in [2.05, 4.69) is 20.8 Å². The van der Waals surface area contributed by atoms with Crippen molar-refractivity contribution in [1.29, 1.82) is 0 Å². The van der Waals surface area contributed by atoms with Gasteiger partial charge < -0.3 is 9.42 Å². The molecular weight excluding hydrogens is 319 g/mol. The van der Waals surface area contributed by atoms with E-state index in [1.165, 1.54) is 64.2 Å². The zero-order valence-electron chi connectivity index (χ0n) is 16.6. The molecule has 0 aliphatic heterocycles. The molecule has 0 rings (SSSR count). The Labute approximate surface area is 151 Å². The predicted molar refractivity (Wildman–Crippen MR) is 106 cm³/mol. The topological polar surface area (TPSA) is 46.5 Å². The van der Waals surface area contributed by atoms with Crippen molar-refractivity contribution in [2.75, 3.05) is 12.8 Å². The molecule has 0 aromatic carbocycles. The molecule has 0 aliphatic carbocycles. The van der Waals surface area contributed by atoms with Gasteiger partial charge in [-0.1, -0.05) is 97.8 Å². The number of hydrogen-bond acceptors (Lipinski definition) is 2. The van der Waals surface area contributed by atoms with Gasteiger partial charge in [0.2, 0.25) is 0 Å². The number of unbranched alkanes of at least 4 members (excludes halogenated alkanes) is 10. The first-order valence-corrected chi connectivity index (χ1v) is 12.3. The van der Waals surface area contributed by atoms with Crippen LogP contribution in [-0.2, 0) is 9.09 Å². The second kappa shape index (κ2) is 16.6. The fourth-order valence-corrected chi connectivity index (χ4v) is 4.18. The average molecular weight is 363 g/mol. The second-order valence-electron chi connectivity index (χ2n) is 7.26. The minimum Gasteiger partial charge on any atom is -0.324 e. The van der Waals surface area contributed by atoms with E-state index in [9.17, 15) is 9.46 Å². The lowest BCUT2D eigenvalue weighted by atomic mass is 10.0. The fourth-order valence-electron chi connectivity index (χ4n) is 2.98. The molecule has 2 atom stereocenters. The molecule has 0 spiro atoms. The van der Waals surface area contributed by atoms with Gasteiger partial charge in [-0.05, 0) is 18.8 Å². The van der Waals surface area contributed by atoms with Crippen molar-refractivity contribution < 1.29 is 14.0 Å². The highest BCUT2D eigenvalue weighted by Crippen LogP contribution is 2.43. The molecule has 0 aromatic heterocycles. The molecule has 1 N–H and O–H groups in total. The standard InChI is InChI=1S/C20H43O3P/c1-4-7-9-10-11-12-13-14-15-16-18-24(21,22)23-19-20(6-3)17-8-5-2/h20H,4-19H2,1-3H3,(H,21,22). The molecule has 3 nitrogen and oxygen atoms in total. The lowest BCUT2D eigenvalue weighted by Crippen LogP contribution is -2.08. The molecule has 0 radical (unpaired) electrons. The minimum atomic E-state index is -3.37. The van der Waals surface area contributed by atoms with Crippen molar-refractivity contribution in [1.82, 2.24) is 0 Å². The Morgan fingerprint density at radius 2 is 1.29 bits per heavy atom. The van der Waals surface area contributed by atoms with Crippen LogP contribution in [0.15, 0.2) is 0 Å². The maximum Gasteiger partial charge on any atom is 0.328 e. The summed E-state index contributed by atoms with van der Waals surface area (Å²) in [5, 5.41) is 0. The first kappa shape index (κ1) is 24.1. The second-order valence-corrected chi connectivity index (χ2v) is 9.24. The SMILES string of the molecule is CCCCCCCCCCCCP(=O)(O)OCC(CC)CCCC. The smallest absolute Gasteiger partial charge is 0.324 e. The molecule has 2 unspecified atom stereocenters. The highest BCUT2D eigenvalue weighted by atomic mass is 31.2. The maximum atomic E-state index is 12.1. The van der Waals surface area contributed by atoms with Gasteiger partial charge in [-0.2, -0.15) is 0 Å². The molecule has 24 heavy (non-hydrogen) atoms.